The fourth-order valence-corrected chi connectivity index (χ4v) is 4.99. The highest BCUT2D eigenvalue weighted by Gasteiger charge is 2.30. The SMILES string of the molecule is COc1ccccc1NS(=O)(=O)c1ccc(C(=O)N2CCCC2c2ccc(F)cc2)cc1. The van der Waals surface area contributed by atoms with Crippen molar-refractivity contribution in [3.8, 4) is 5.75 Å². The van der Waals surface area contributed by atoms with Gasteiger partial charge in [0.2, 0.25) is 0 Å². The Balaban J connectivity index is 1.52. The van der Waals surface area contributed by atoms with E-state index < -0.39 is 10.0 Å². The van der Waals surface area contributed by atoms with Crippen LogP contribution in [0.4, 0.5) is 10.1 Å². The number of hydrogen-bond donors (Lipinski definition) is 1. The Kier molecular flexibility index (Phi) is 6.14. The number of para-hydroxylation sites is 2. The van der Waals surface area contributed by atoms with Crippen molar-refractivity contribution >= 4 is 21.6 Å². The summed E-state index contributed by atoms with van der Waals surface area (Å²) in [4.78, 5) is 14.9. The molecule has 4 rings (SSSR count). The maximum absolute atomic E-state index is 13.3. The normalized spacial score (nSPS) is 16.1. The van der Waals surface area contributed by atoms with Gasteiger partial charge in [0.1, 0.15) is 11.6 Å². The lowest BCUT2D eigenvalue weighted by Crippen LogP contribution is -2.30. The first kappa shape index (κ1) is 21.8. The third-order valence-electron chi connectivity index (χ3n) is 5.53. The van der Waals surface area contributed by atoms with E-state index in [2.05, 4.69) is 4.72 Å². The standard InChI is InChI=1S/C24H23FN2O4S/c1-31-23-7-3-2-5-21(23)26-32(29,30)20-14-10-18(11-15-20)24(28)27-16-4-6-22(27)17-8-12-19(25)13-9-17/h2-3,5,7-15,22,26H,4,6,16H2,1H3. The Bertz CT molecular complexity index is 1210. The minimum absolute atomic E-state index is 0.0384. The minimum atomic E-state index is -3.86. The maximum Gasteiger partial charge on any atom is 0.262 e. The van der Waals surface area contributed by atoms with Crippen LogP contribution in [0.2, 0.25) is 0 Å². The highest BCUT2D eigenvalue weighted by atomic mass is 32.2. The minimum Gasteiger partial charge on any atom is -0.495 e. The van der Waals surface area contributed by atoms with Crippen molar-refractivity contribution in [2.75, 3.05) is 18.4 Å². The Morgan fingerprint density at radius 3 is 2.41 bits per heavy atom. The third kappa shape index (κ3) is 4.45. The molecule has 1 unspecified atom stereocenters. The molecule has 1 fully saturated rings. The van der Waals surface area contributed by atoms with Crippen LogP contribution < -0.4 is 9.46 Å². The first-order valence-electron chi connectivity index (χ1n) is 10.2. The number of likely N-dealkylation sites (tertiary alicyclic amines) is 1. The highest BCUT2D eigenvalue weighted by molar-refractivity contribution is 7.92. The number of methoxy groups -OCH3 is 1. The molecule has 1 heterocycles. The van der Waals surface area contributed by atoms with Gasteiger partial charge in [-0.05, 0) is 66.9 Å². The van der Waals surface area contributed by atoms with Gasteiger partial charge in [-0.1, -0.05) is 24.3 Å². The molecule has 1 aliphatic rings. The summed E-state index contributed by atoms with van der Waals surface area (Å²) in [7, 11) is -2.39. The van der Waals surface area contributed by atoms with Crippen molar-refractivity contribution in [2.45, 2.75) is 23.8 Å². The molecule has 1 amide bonds. The van der Waals surface area contributed by atoms with E-state index in [1.165, 1.54) is 43.5 Å². The van der Waals surface area contributed by atoms with Crippen LogP contribution in [0.3, 0.4) is 0 Å². The second kappa shape index (κ2) is 9.00. The van der Waals surface area contributed by atoms with Crippen molar-refractivity contribution in [1.29, 1.82) is 0 Å². The van der Waals surface area contributed by atoms with Crippen molar-refractivity contribution in [2.24, 2.45) is 0 Å². The van der Waals surface area contributed by atoms with Crippen molar-refractivity contribution in [3.63, 3.8) is 0 Å². The Hall–Kier alpha value is -3.39. The molecule has 0 saturated carbocycles. The number of rotatable bonds is 6. The summed E-state index contributed by atoms with van der Waals surface area (Å²) >= 11 is 0. The molecule has 3 aromatic rings. The summed E-state index contributed by atoms with van der Waals surface area (Å²) in [6.45, 7) is 0.594. The summed E-state index contributed by atoms with van der Waals surface area (Å²) in [5, 5.41) is 0. The predicted octanol–water partition coefficient (Wildman–Crippen LogP) is 4.61. The lowest BCUT2D eigenvalue weighted by atomic mass is 10.0. The molecule has 0 aliphatic carbocycles. The van der Waals surface area contributed by atoms with E-state index >= 15 is 0 Å². The number of nitrogens with zero attached hydrogens (tertiary/aromatic N) is 1. The maximum atomic E-state index is 13.3. The molecule has 0 spiro atoms. The van der Waals surface area contributed by atoms with E-state index in [1.54, 1.807) is 41.3 Å². The third-order valence-corrected chi connectivity index (χ3v) is 6.91. The van der Waals surface area contributed by atoms with Gasteiger partial charge in [0.25, 0.3) is 15.9 Å². The molecule has 1 saturated heterocycles. The smallest absolute Gasteiger partial charge is 0.262 e. The Labute approximate surface area is 186 Å². The lowest BCUT2D eigenvalue weighted by Gasteiger charge is -2.25. The van der Waals surface area contributed by atoms with E-state index in [9.17, 15) is 17.6 Å². The second-order valence-electron chi connectivity index (χ2n) is 7.54. The van der Waals surface area contributed by atoms with Crippen LogP contribution in [-0.2, 0) is 10.0 Å². The van der Waals surface area contributed by atoms with E-state index in [4.69, 9.17) is 4.74 Å². The molecule has 1 aliphatic heterocycles. The van der Waals surface area contributed by atoms with E-state index in [0.717, 1.165) is 18.4 Å². The molecule has 6 nitrogen and oxygen atoms in total. The molecule has 1 N–H and O–H groups in total. The lowest BCUT2D eigenvalue weighted by molar-refractivity contribution is 0.0735. The molecular weight excluding hydrogens is 431 g/mol. The number of hydrogen-bond acceptors (Lipinski definition) is 4. The molecule has 0 bridgehead atoms. The van der Waals surface area contributed by atoms with Crippen LogP contribution in [0, 0.1) is 5.82 Å². The molecule has 3 aromatic carbocycles. The van der Waals surface area contributed by atoms with Crippen molar-refractivity contribution in [1.82, 2.24) is 4.90 Å². The summed E-state index contributed by atoms with van der Waals surface area (Å²) in [6.07, 6.45) is 1.65. The molecule has 166 valence electrons. The summed E-state index contributed by atoms with van der Waals surface area (Å²) in [5.41, 5.74) is 1.61. The molecule has 0 aromatic heterocycles. The molecule has 1 atom stereocenters. The van der Waals surface area contributed by atoms with Gasteiger partial charge in [-0.15, -0.1) is 0 Å². The van der Waals surface area contributed by atoms with Gasteiger partial charge in [0.15, 0.2) is 0 Å². The number of carbonyl (C=O) groups excluding carboxylic acids is 1. The number of halogens is 1. The van der Waals surface area contributed by atoms with Crippen molar-refractivity contribution < 1.29 is 22.3 Å². The van der Waals surface area contributed by atoms with E-state index in [0.29, 0.717) is 23.5 Å². The monoisotopic (exact) mass is 454 g/mol. The van der Waals surface area contributed by atoms with Crippen LogP contribution in [0.15, 0.2) is 77.7 Å². The van der Waals surface area contributed by atoms with Crippen LogP contribution in [0.25, 0.3) is 0 Å². The van der Waals surface area contributed by atoms with Gasteiger partial charge in [0.05, 0.1) is 23.7 Å². The first-order valence-corrected chi connectivity index (χ1v) is 11.7. The highest BCUT2D eigenvalue weighted by Crippen LogP contribution is 2.33. The van der Waals surface area contributed by atoms with Gasteiger partial charge in [-0.3, -0.25) is 9.52 Å². The van der Waals surface area contributed by atoms with E-state index in [-0.39, 0.29) is 22.7 Å². The number of sulfonamides is 1. The number of carbonyl (C=O) groups is 1. The quantitative estimate of drug-likeness (QED) is 0.590. The van der Waals surface area contributed by atoms with Gasteiger partial charge in [0, 0.05) is 12.1 Å². The molecule has 32 heavy (non-hydrogen) atoms. The fraction of sp³-hybridized carbons (Fsp3) is 0.208. The van der Waals surface area contributed by atoms with Crippen LogP contribution in [-0.4, -0.2) is 32.9 Å². The van der Waals surface area contributed by atoms with Crippen molar-refractivity contribution in [3.05, 3.63) is 89.7 Å². The number of nitrogens with one attached hydrogen (secondary N) is 1. The van der Waals surface area contributed by atoms with Gasteiger partial charge >= 0.3 is 0 Å². The second-order valence-corrected chi connectivity index (χ2v) is 9.22. The summed E-state index contributed by atoms with van der Waals surface area (Å²) < 4.78 is 46.5. The summed E-state index contributed by atoms with van der Waals surface area (Å²) in [6, 6.07) is 18.6. The molecular formula is C24H23FN2O4S. The summed E-state index contributed by atoms with van der Waals surface area (Å²) in [5.74, 6) is -0.0923. The van der Waals surface area contributed by atoms with Crippen LogP contribution >= 0.6 is 0 Å². The fourth-order valence-electron chi connectivity index (χ4n) is 3.92. The molecule has 0 radical (unpaired) electrons. The van der Waals surface area contributed by atoms with Crippen LogP contribution in [0.1, 0.15) is 34.8 Å². The average Bonchev–Trinajstić information content (AvgIpc) is 3.29. The van der Waals surface area contributed by atoms with E-state index in [1.807, 2.05) is 0 Å². The van der Waals surface area contributed by atoms with Crippen LogP contribution in [0.5, 0.6) is 5.75 Å². The first-order chi connectivity index (χ1) is 15.4. The number of benzene rings is 3. The molecule has 8 heteroatoms. The zero-order chi connectivity index (χ0) is 22.7. The Morgan fingerprint density at radius 2 is 1.72 bits per heavy atom. The zero-order valence-corrected chi connectivity index (χ0v) is 18.3. The number of ether oxygens (including phenoxy) is 1. The van der Waals surface area contributed by atoms with Gasteiger partial charge < -0.3 is 9.64 Å². The topological polar surface area (TPSA) is 75.7 Å². The zero-order valence-electron chi connectivity index (χ0n) is 17.5. The Morgan fingerprint density at radius 1 is 1.03 bits per heavy atom. The van der Waals surface area contributed by atoms with Gasteiger partial charge in [-0.25, -0.2) is 12.8 Å². The van der Waals surface area contributed by atoms with Gasteiger partial charge in [-0.2, -0.15) is 0 Å². The average molecular weight is 455 g/mol. The number of amides is 1. The predicted molar refractivity (Wildman–Crippen MR) is 120 cm³/mol. The number of anilines is 1. The largest absolute Gasteiger partial charge is 0.495 e.